The molecule has 11 heavy (non-hydrogen) atoms. The van der Waals surface area contributed by atoms with Crippen LogP contribution in [-0.2, 0) is 4.18 Å². The van der Waals surface area contributed by atoms with Crippen molar-refractivity contribution in [3.63, 3.8) is 0 Å². The van der Waals surface area contributed by atoms with Gasteiger partial charge < -0.3 is 4.18 Å². The van der Waals surface area contributed by atoms with E-state index in [4.69, 9.17) is 0 Å². The summed E-state index contributed by atoms with van der Waals surface area (Å²) >= 11 is 4.16. The van der Waals surface area contributed by atoms with Gasteiger partial charge in [-0.3, -0.25) is 0 Å². The van der Waals surface area contributed by atoms with Gasteiger partial charge in [0.2, 0.25) is 5.29 Å². The Hall–Kier alpha value is -0.240. The Morgan fingerprint density at radius 1 is 1.18 bits per heavy atom. The van der Waals surface area contributed by atoms with Crippen molar-refractivity contribution in [3.05, 3.63) is 11.5 Å². The Balaban J connectivity index is 4.53. The van der Waals surface area contributed by atoms with Crippen molar-refractivity contribution >= 4 is 22.1 Å². The normalized spacial score (nSPS) is 20.5. The zero-order valence-electron chi connectivity index (χ0n) is 4.54. The SMILES string of the molecule is F/C(Cl)=C/OS(F)(F)(F)(F)F. The molecule has 0 rings (SSSR count). The van der Waals surface area contributed by atoms with E-state index in [2.05, 4.69) is 11.6 Å². The predicted molar refractivity (Wildman–Crippen MR) is 29.3 cm³/mol. The van der Waals surface area contributed by atoms with E-state index >= 15 is 0 Å². The van der Waals surface area contributed by atoms with Crippen LogP contribution in [0, 0.1) is 0 Å². The third-order valence-corrected chi connectivity index (χ3v) is 0.868. The van der Waals surface area contributed by atoms with Gasteiger partial charge in [0.1, 0.15) is 0 Å². The van der Waals surface area contributed by atoms with Crippen molar-refractivity contribution in [2.24, 2.45) is 0 Å². The van der Waals surface area contributed by atoms with Crippen LogP contribution in [0.15, 0.2) is 11.5 Å². The van der Waals surface area contributed by atoms with Crippen molar-refractivity contribution in [3.8, 4) is 0 Å². The fourth-order valence-electron chi connectivity index (χ4n) is 0.127. The van der Waals surface area contributed by atoms with Gasteiger partial charge in [0.25, 0.3) is 0 Å². The molecule has 0 amide bonds. The summed E-state index contributed by atoms with van der Waals surface area (Å²) in [6.45, 7) is 0. The number of hydrogen-bond acceptors (Lipinski definition) is 1. The smallest absolute Gasteiger partial charge is 0.358 e. The molecular weight excluding hydrogens is 222 g/mol. The minimum absolute atomic E-state index is 0.914. The molecule has 0 N–H and O–H groups in total. The monoisotopic (exact) mass is 222 g/mol. The van der Waals surface area contributed by atoms with Gasteiger partial charge in [-0.2, -0.15) is 4.39 Å². The Kier molecular flexibility index (Phi) is 1.88. The van der Waals surface area contributed by atoms with Gasteiger partial charge in [-0.05, 0) is 11.6 Å². The van der Waals surface area contributed by atoms with Crippen LogP contribution in [0.4, 0.5) is 23.8 Å². The first kappa shape index (κ1) is 10.8. The minimum Gasteiger partial charge on any atom is -0.358 e. The molecule has 0 aromatic heterocycles. The lowest BCUT2D eigenvalue weighted by atomic mass is 11.1. The van der Waals surface area contributed by atoms with E-state index in [1.807, 2.05) is 4.18 Å². The number of halogens is 7. The van der Waals surface area contributed by atoms with E-state index in [1.165, 1.54) is 0 Å². The Labute approximate surface area is 62.5 Å². The van der Waals surface area contributed by atoms with E-state index < -0.39 is 22.1 Å². The summed E-state index contributed by atoms with van der Waals surface area (Å²) < 4.78 is 68.7. The van der Waals surface area contributed by atoms with Crippen LogP contribution in [0.5, 0.6) is 0 Å². The van der Waals surface area contributed by atoms with Crippen molar-refractivity contribution in [2.45, 2.75) is 0 Å². The zero-order chi connectivity index (χ0) is 9.40. The summed E-state index contributed by atoms with van der Waals surface area (Å²) in [6.07, 6.45) is -0.914. The van der Waals surface area contributed by atoms with Gasteiger partial charge in [-0.1, -0.05) is 19.4 Å². The largest absolute Gasteiger partial charge is 0.435 e. The second-order valence-corrected chi connectivity index (χ2v) is 3.75. The lowest BCUT2D eigenvalue weighted by Crippen LogP contribution is -2.06. The van der Waals surface area contributed by atoms with E-state index in [-0.39, 0.29) is 0 Å². The third kappa shape index (κ3) is 9.76. The molecule has 0 atom stereocenters. The molecule has 0 radical (unpaired) electrons. The third-order valence-electron chi connectivity index (χ3n) is 0.319. The summed E-state index contributed by atoms with van der Waals surface area (Å²) in [5.74, 6) is 0. The van der Waals surface area contributed by atoms with E-state index in [9.17, 15) is 23.8 Å². The predicted octanol–water partition coefficient (Wildman–Crippen LogP) is 4.22. The molecular formula is C2HClF6OS. The molecule has 0 aromatic rings. The van der Waals surface area contributed by atoms with Gasteiger partial charge in [0.05, 0.1) is 0 Å². The molecule has 0 aliphatic carbocycles. The second-order valence-electron chi connectivity index (χ2n) is 1.40. The van der Waals surface area contributed by atoms with Crippen LogP contribution < -0.4 is 0 Å². The molecule has 0 aliphatic rings. The van der Waals surface area contributed by atoms with Crippen LogP contribution in [0.2, 0.25) is 0 Å². The minimum atomic E-state index is -10.0. The van der Waals surface area contributed by atoms with Gasteiger partial charge in [-0.25, -0.2) is 0 Å². The molecule has 0 aromatic carbocycles. The summed E-state index contributed by atoms with van der Waals surface area (Å²) in [6, 6.07) is 0. The topological polar surface area (TPSA) is 9.23 Å². The first-order valence-corrected chi connectivity index (χ1v) is 4.09. The highest BCUT2D eigenvalue weighted by atomic mass is 35.5. The standard InChI is InChI=1S/C2HClF6OS/c3-2(4)1-10-11(5,6,7,8)9/h1H/b2-1+. The number of rotatable bonds is 2. The number of hydrogen-bond donors (Lipinski definition) is 0. The summed E-state index contributed by atoms with van der Waals surface area (Å²) in [4.78, 5) is 0. The van der Waals surface area contributed by atoms with E-state index in [0.717, 1.165) is 0 Å². The van der Waals surface area contributed by atoms with Gasteiger partial charge in [0.15, 0.2) is 6.26 Å². The maximum absolute atomic E-state index is 11.3. The highest BCUT2D eigenvalue weighted by molar-refractivity contribution is 8.42. The van der Waals surface area contributed by atoms with Crippen molar-refractivity contribution in [1.82, 2.24) is 0 Å². The van der Waals surface area contributed by atoms with Gasteiger partial charge in [-0.15, -0.1) is 0 Å². The quantitative estimate of drug-likeness (QED) is 0.502. The van der Waals surface area contributed by atoms with Gasteiger partial charge >= 0.3 is 10.5 Å². The van der Waals surface area contributed by atoms with Crippen molar-refractivity contribution in [2.75, 3.05) is 0 Å². The molecule has 0 heterocycles. The fourth-order valence-corrected chi connectivity index (χ4v) is 0.491. The molecule has 9 heteroatoms. The molecule has 0 spiro atoms. The first-order chi connectivity index (χ1) is 4.39. The lowest BCUT2D eigenvalue weighted by Gasteiger charge is -2.37. The highest BCUT2D eigenvalue weighted by Gasteiger charge is 2.66. The van der Waals surface area contributed by atoms with Crippen LogP contribution in [0.3, 0.4) is 0 Å². The zero-order valence-corrected chi connectivity index (χ0v) is 6.11. The molecule has 0 bridgehead atoms. The van der Waals surface area contributed by atoms with Crippen LogP contribution in [0.25, 0.3) is 0 Å². The molecule has 0 saturated heterocycles. The van der Waals surface area contributed by atoms with Gasteiger partial charge in [0, 0.05) is 0 Å². The maximum atomic E-state index is 11.3. The average Bonchev–Trinajstić information content (AvgIpc) is 1.56. The van der Waals surface area contributed by atoms with Crippen LogP contribution >= 0.6 is 22.1 Å². The Bertz CT molecular complexity index is 186. The maximum Gasteiger partial charge on any atom is 0.435 e. The first-order valence-electron chi connectivity index (χ1n) is 1.84. The highest BCUT2D eigenvalue weighted by Crippen LogP contribution is 2.98. The average molecular weight is 223 g/mol. The van der Waals surface area contributed by atoms with Crippen LogP contribution in [0.1, 0.15) is 0 Å². The molecule has 0 aliphatic heterocycles. The summed E-state index contributed by atoms with van der Waals surface area (Å²) in [5.41, 5.74) is 0. The molecule has 0 unspecified atom stereocenters. The van der Waals surface area contributed by atoms with Crippen molar-refractivity contribution in [1.29, 1.82) is 0 Å². The fraction of sp³-hybridized carbons (Fsp3) is 0. The molecule has 0 saturated carbocycles. The Morgan fingerprint density at radius 3 is 1.64 bits per heavy atom. The van der Waals surface area contributed by atoms with Crippen molar-refractivity contribution < 1.29 is 28.0 Å². The molecule has 0 fully saturated rings. The Morgan fingerprint density at radius 2 is 1.55 bits per heavy atom. The van der Waals surface area contributed by atoms with E-state index in [0.29, 0.717) is 0 Å². The van der Waals surface area contributed by atoms with Crippen LogP contribution in [-0.4, -0.2) is 0 Å². The summed E-state index contributed by atoms with van der Waals surface area (Å²) in [5, 5.41) is -2.02. The lowest BCUT2D eigenvalue weighted by molar-refractivity contribution is 0.212. The molecule has 70 valence electrons. The second kappa shape index (κ2) is 1.92. The summed E-state index contributed by atoms with van der Waals surface area (Å²) in [7, 11) is -10.0. The molecule has 1 nitrogen and oxygen atoms in total. The van der Waals surface area contributed by atoms with E-state index in [1.54, 1.807) is 0 Å².